The fraction of sp³-hybridized carbons (Fsp3) is 0.588. The van der Waals surface area contributed by atoms with Crippen LogP contribution in [0.1, 0.15) is 39.2 Å². The first kappa shape index (κ1) is 19.7. The summed E-state index contributed by atoms with van der Waals surface area (Å²) in [5.41, 5.74) is 1.02. The fourth-order valence-electron chi connectivity index (χ4n) is 1.82. The summed E-state index contributed by atoms with van der Waals surface area (Å²) in [5, 5.41) is 11.4. The summed E-state index contributed by atoms with van der Waals surface area (Å²) >= 11 is 0. The molecule has 0 aliphatic heterocycles. The average Bonchev–Trinajstić information content (AvgIpc) is 2.50. The van der Waals surface area contributed by atoms with E-state index in [1.165, 1.54) is 4.90 Å². The molecular formula is C17H27N3O4. The van der Waals surface area contributed by atoms with Crippen molar-refractivity contribution >= 4 is 12.0 Å². The topological polar surface area (TPSA) is 91.8 Å². The third-order valence-electron chi connectivity index (χ3n) is 3.42. The Morgan fingerprint density at radius 2 is 2.08 bits per heavy atom. The van der Waals surface area contributed by atoms with Gasteiger partial charge >= 0.3 is 12.0 Å². The zero-order valence-corrected chi connectivity index (χ0v) is 14.8. The van der Waals surface area contributed by atoms with Crippen molar-refractivity contribution in [1.82, 2.24) is 15.2 Å². The summed E-state index contributed by atoms with van der Waals surface area (Å²) in [6.45, 7) is 7.47. The third kappa shape index (κ3) is 7.80. The van der Waals surface area contributed by atoms with E-state index in [9.17, 15) is 9.59 Å². The molecule has 1 aromatic rings. The number of carbonyl (C=O) groups excluding carboxylic acids is 1. The number of aliphatic carboxylic acids is 1. The molecule has 0 saturated carbocycles. The zero-order valence-electron chi connectivity index (χ0n) is 14.8. The van der Waals surface area contributed by atoms with E-state index in [-0.39, 0.29) is 24.4 Å². The summed E-state index contributed by atoms with van der Waals surface area (Å²) in [7, 11) is 1.56. The minimum atomic E-state index is -0.932. The number of nitrogens with one attached hydrogen (secondary N) is 1. The number of ether oxygens (including phenoxy) is 1. The van der Waals surface area contributed by atoms with Gasteiger partial charge in [0.1, 0.15) is 5.75 Å². The first-order valence-electron chi connectivity index (χ1n) is 7.95. The SMILES string of the molecule is CN(CCC(=O)O)C(=O)NCc1ccncc1OCCC(C)(C)C. The van der Waals surface area contributed by atoms with Crippen LogP contribution in [0.25, 0.3) is 0 Å². The number of hydrogen-bond acceptors (Lipinski definition) is 4. The van der Waals surface area contributed by atoms with E-state index in [1.807, 2.05) is 0 Å². The number of amides is 2. The number of pyridine rings is 1. The van der Waals surface area contributed by atoms with Crippen LogP contribution < -0.4 is 10.1 Å². The van der Waals surface area contributed by atoms with Crippen LogP contribution in [0.4, 0.5) is 4.79 Å². The second-order valence-electron chi connectivity index (χ2n) is 6.87. The van der Waals surface area contributed by atoms with Crippen LogP contribution in [0.5, 0.6) is 5.75 Å². The Balaban J connectivity index is 2.52. The summed E-state index contributed by atoms with van der Waals surface area (Å²) < 4.78 is 5.78. The highest BCUT2D eigenvalue weighted by molar-refractivity contribution is 5.75. The van der Waals surface area contributed by atoms with Crippen molar-refractivity contribution in [3.05, 3.63) is 24.0 Å². The molecule has 0 aromatic carbocycles. The number of aromatic nitrogens is 1. The number of carbonyl (C=O) groups is 2. The van der Waals surface area contributed by atoms with E-state index in [0.29, 0.717) is 18.9 Å². The maximum absolute atomic E-state index is 12.0. The highest BCUT2D eigenvalue weighted by atomic mass is 16.5. The van der Waals surface area contributed by atoms with Crippen molar-refractivity contribution in [3.8, 4) is 5.75 Å². The van der Waals surface area contributed by atoms with E-state index in [2.05, 4.69) is 31.1 Å². The Bertz CT molecular complexity index is 555. The minimum absolute atomic E-state index is 0.0830. The lowest BCUT2D eigenvalue weighted by molar-refractivity contribution is -0.137. The maximum Gasteiger partial charge on any atom is 0.317 e. The largest absolute Gasteiger partial charge is 0.492 e. The number of rotatable bonds is 8. The molecule has 1 aromatic heterocycles. The number of carboxylic acids is 1. The van der Waals surface area contributed by atoms with Gasteiger partial charge in [-0.15, -0.1) is 0 Å². The molecular weight excluding hydrogens is 310 g/mol. The minimum Gasteiger partial charge on any atom is -0.492 e. The third-order valence-corrected chi connectivity index (χ3v) is 3.42. The molecule has 1 rings (SSSR count). The smallest absolute Gasteiger partial charge is 0.317 e. The lowest BCUT2D eigenvalue weighted by atomic mass is 9.93. The summed E-state index contributed by atoms with van der Waals surface area (Å²) in [5.74, 6) is -0.284. The van der Waals surface area contributed by atoms with Crippen molar-refractivity contribution < 1.29 is 19.4 Å². The molecule has 0 unspecified atom stereocenters. The number of urea groups is 1. The van der Waals surface area contributed by atoms with Crippen molar-refractivity contribution in [3.63, 3.8) is 0 Å². The van der Waals surface area contributed by atoms with Crippen molar-refractivity contribution in [1.29, 1.82) is 0 Å². The Morgan fingerprint density at radius 3 is 2.71 bits per heavy atom. The maximum atomic E-state index is 12.0. The first-order chi connectivity index (χ1) is 11.2. The van der Waals surface area contributed by atoms with Crippen LogP contribution in [-0.2, 0) is 11.3 Å². The summed E-state index contributed by atoms with van der Waals surface area (Å²) in [6.07, 6.45) is 4.11. The quantitative estimate of drug-likeness (QED) is 0.760. The molecule has 0 bridgehead atoms. The molecule has 0 aliphatic rings. The molecule has 134 valence electrons. The van der Waals surface area contributed by atoms with Gasteiger partial charge in [-0.2, -0.15) is 0 Å². The van der Waals surface area contributed by atoms with E-state index in [4.69, 9.17) is 9.84 Å². The van der Waals surface area contributed by atoms with Crippen LogP contribution in [-0.4, -0.2) is 47.2 Å². The van der Waals surface area contributed by atoms with E-state index in [1.54, 1.807) is 25.5 Å². The van der Waals surface area contributed by atoms with Crippen LogP contribution in [0, 0.1) is 5.41 Å². The standard InChI is InChI=1S/C17H27N3O4/c1-17(2,3)7-10-24-14-12-18-8-5-13(14)11-19-16(23)20(4)9-6-15(21)22/h5,8,12H,6-7,9-11H2,1-4H3,(H,19,23)(H,21,22). The van der Waals surface area contributed by atoms with Crippen molar-refractivity contribution in [2.45, 2.75) is 40.2 Å². The highest BCUT2D eigenvalue weighted by Crippen LogP contribution is 2.21. The number of nitrogens with zero attached hydrogens (tertiary/aromatic N) is 2. The van der Waals surface area contributed by atoms with Gasteiger partial charge in [-0.3, -0.25) is 9.78 Å². The molecule has 1 heterocycles. The van der Waals surface area contributed by atoms with Gasteiger partial charge in [0, 0.05) is 31.9 Å². The van der Waals surface area contributed by atoms with Crippen LogP contribution in [0.15, 0.2) is 18.5 Å². The van der Waals surface area contributed by atoms with Gasteiger partial charge in [-0.05, 0) is 17.9 Å². The number of hydrogen-bond donors (Lipinski definition) is 2. The molecule has 2 N–H and O–H groups in total. The van der Waals surface area contributed by atoms with Crippen molar-refractivity contribution in [2.75, 3.05) is 20.2 Å². The second-order valence-corrected chi connectivity index (χ2v) is 6.87. The monoisotopic (exact) mass is 337 g/mol. The Labute approximate surface area is 143 Å². The molecule has 7 nitrogen and oxygen atoms in total. The van der Waals surface area contributed by atoms with Gasteiger partial charge in [0.05, 0.1) is 19.2 Å². The first-order valence-corrected chi connectivity index (χ1v) is 7.95. The van der Waals surface area contributed by atoms with Gasteiger partial charge in [0.15, 0.2) is 0 Å². The van der Waals surface area contributed by atoms with Crippen LogP contribution in [0.3, 0.4) is 0 Å². The van der Waals surface area contributed by atoms with Gasteiger partial charge < -0.3 is 20.1 Å². The summed E-state index contributed by atoms with van der Waals surface area (Å²) in [4.78, 5) is 27.9. The molecule has 0 spiro atoms. The summed E-state index contributed by atoms with van der Waals surface area (Å²) in [6, 6.07) is 1.47. The van der Waals surface area contributed by atoms with E-state index >= 15 is 0 Å². The lowest BCUT2D eigenvalue weighted by Crippen LogP contribution is -2.38. The second kappa shape index (κ2) is 9.10. The molecule has 0 atom stereocenters. The van der Waals surface area contributed by atoms with E-state index in [0.717, 1.165) is 12.0 Å². The van der Waals surface area contributed by atoms with Crippen LogP contribution in [0.2, 0.25) is 0 Å². The molecule has 0 saturated heterocycles. The molecule has 0 radical (unpaired) electrons. The van der Waals surface area contributed by atoms with Gasteiger partial charge in [0.2, 0.25) is 0 Å². The van der Waals surface area contributed by atoms with E-state index < -0.39 is 5.97 Å². The lowest BCUT2D eigenvalue weighted by Gasteiger charge is -2.20. The van der Waals surface area contributed by atoms with Gasteiger partial charge in [-0.1, -0.05) is 20.8 Å². The predicted molar refractivity (Wildman–Crippen MR) is 90.9 cm³/mol. The fourth-order valence-corrected chi connectivity index (χ4v) is 1.82. The Morgan fingerprint density at radius 1 is 1.38 bits per heavy atom. The molecule has 2 amide bonds. The molecule has 24 heavy (non-hydrogen) atoms. The molecule has 0 aliphatic carbocycles. The molecule has 7 heteroatoms. The highest BCUT2D eigenvalue weighted by Gasteiger charge is 2.13. The van der Waals surface area contributed by atoms with Gasteiger partial charge in [0.25, 0.3) is 0 Å². The van der Waals surface area contributed by atoms with Crippen LogP contribution >= 0.6 is 0 Å². The van der Waals surface area contributed by atoms with Crippen molar-refractivity contribution in [2.24, 2.45) is 5.41 Å². The Hall–Kier alpha value is -2.31. The normalized spacial score (nSPS) is 11.0. The zero-order chi connectivity index (χ0) is 18.2. The average molecular weight is 337 g/mol. The molecule has 0 fully saturated rings. The number of carboxylic acid groups (broad SMARTS) is 1. The Kier molecular flexibility index (Phi) is 7.48. The predicted octanol–water partition coefficient (Wildman–Crippen LogP) is 2.51. The van der Waals surface area contributed by atoms with Gasteiger partial charge in [-0.25, -0.2) is 4.79 Å².